The topological polar surface area (TPSA) is 50.1 Å². The zero-order valence-electron chi connectivity index (χ0n) is 19.1. The van der Waals surface area contributed by atoms with Crippen LogP contribution in [0.1, 0.15) is 43.2 Å². The van der Waals surface area contributed by atoms with Crippen LogP contribution in [0.15, 0.2) is 24.8 Å². The van der Waals surface area contributed by atoms with E-state index in [0.717, 1.165) is 61.6 Å². The Morgan fingerprint density at radius 1 is 1.21 bits per heavy atom. The van der Waals surface area contributed by atoms with Gasteiger partial charge < -0.3 is 4.90 Å². The number of nitrogens with zero attached hydrogens (tertiary/aromatic N) is 6. The molecule has 10 heteroatoms. The quantitative estimate of drug-likeness (QED) is 0.508. The Labute approximate surface area is 195 Å². The van der Waals surface area contributed by atoms with Gasteiger partial charge in [-0.1, -0.05) is 20.3 Å². The van der Waals surface area contributed by atoms with Gasteiger partial charge in [0.15, 0.2) is 0 Å². The van der Waals surface area contributed by atoms with Crippen LogP contribution in [0.5, 0.6) is 0 Å². The van der Waals surface area contributed by atoms with Crippen molar-refractivity contribution in [1.29, 1.82) is 0 Å². The molecule has 1 spiro atoms. The van der Waals surface area contributed by atoms with Gasteiger partial charge in [0.1, 0.15) is 17.0 Å². The number of fused-ring (bicyclic) bond motifs is 1. The van der Waals surface area contributed by atoms with E-state index in [-0.39, 0.29) is 10.3 Å². The van der Waals surface area contributed by atoms with Gasteiger partial charge in [0.2, 0.25) is 0 Å². The summed E-state index contributed by atoms with van der Waals surface area (Å²) in [5, 5.41) is 5.13. The molecule has 0 N–H and O–H groups in total. The molecule has 6 nitrogen and oxygen atoms in total. The number of anilines is 1. The molecule has 178 valence electrons. The number of halogens is 3. The number of hydrogen-bond donors (Lipinski definition) is 0. The minimum atomic E-state index is -4.22. The Morgan fingerprint density at radius 3 is 2.67 bits per heavy atom. The van der Waals surface area contributed by atoms with Crippen LogP contribution < -0.4 is 4.90 Å². The zero-order chi connectivity index (χ0) is 23.4. The van der Waals surface area contributed by atoms with Gasteiger partial charge >= 0.3 is 6.18 Å². The first-order valence-electron chi connectivity index (χ1n) is 11.4. The molecule has 0 radical (unpaired) electrons. The fourth-order valence-corrected chi connectivity index (χ4v) is 6.55. The minimum absolute atomic E-state index is 0.204. The van der Waals surface area contributed by atoms with Crippen molar-refractivity contribution in [2.75, 3.05) is 31.1 Å². The lowest BCUT2D eigenvalue weighted by atomic mass is 9.76. The molecule has 0 aromatic carbocycles. The van der Waals surface area contributed by atoms with Gasteiger partial charge in [0.05, 0.1) is 18.0 Å². The number of likely N-dealkylation sites (tertiary alicyclic amines) is 1. The smallest absolute Gasteiger partial charge is 0.355 e. The first kappa shape index (κ1) is 22.6. The maximum atomic E-state index is 12.9. The highest BCUT2D eigenvalue weighted by molar-refractivity contribution is 7.18. The fourth-order valence-electron chi connectivity index (χ4n) is 5.53. The van der Waals surface area contributed by atoms with Crippen molar-refractivity contribution in [3.63, 3.8) is 0 Å². The lowest BCUT2D eigenvalue weighted by molar-refractivity contribution is -0.126. The van der Waals surface area contributed by atoms with Crippen molar-refractivity contribution >= 4 is 27.4 Å². The summed E-state index contributed by atoms with van der Waals surface area (Å²) >= 11 is 1.11. The van der Waals surface area contributed by atoms with Crippen LogP contribution in [-0.4, -0.2) is 57.0 Å². The molecule has 5 rings (SSSR count). The van der Waals surface area contributed by atoms with Gasteiger partial charge in [-0.2, -0.15) is 18.3 Å². The van der Waals surface area contributed by atoms with Crippen LogP contribution in [-0.2, 0) is 13.5 Å². The van der Waals surface area contributed by atoms with Crippen LogP contribution in [0.25, 0.3) is 10.2 Å². The molecule has 2 saturated heterocycles. The molecule has 2 fully saturated rings. The van der Waals surface area contributed by atoms with Crippen molar-refractivity contribution in [3.05, 3.63) is 35.2 Å². The zero-order valence-corrected chi connectivity index (χ0v) is 20.0. The molecule has 3 aromatic rings. The fraction of sp³-hybridized carbons (Fsp3) is 0.609. The van der Waals surface area contributed by atoms with Crippen molar-refractivity contribution in [2.45, 2.75) is 45.3 Å². The second-order valence-corrected chi connectivity index (χ2v) is 10.9. The standard InChI is InChI=1S/C23H29F3N6S/c1-4-15(2)19(16-9-29-30(3)10-16)32-12-22(13-32)5-6-31(11-22)20-18-7-17(8-23(24,25)26)33-21(18)28-14-27-20/h7,9-10,14-15,19H,4-6,8,11-13H2,1-3H3. The summed E-state index contributed by atoms with van der Waals surface area (Å²) in [5.74, 6) is 1.30. The summed E-state index contributed by atoms with van der Waals surface area (Å²) < 4.78 is 40.5. The summed E-state index contributed by atoms with van der Waals surface area (Å²) in [6.45, 7) is 8.31. The number of aryl methyl sites for hydroxylation is 1. The molecule has 0 bridgehead atoms. The van der Waals surface area contributed by atoms with Crippen molar-refractivity contribution in [3.8, 4) is 0 Å². The molecule has 3 aromatic heterocycles. The van der Waals surface area contributed by atoms with E-state index in [4.69, 9.17) is 0 Å². The summed E-state index contributed by atoms with van der Waals surface area (Å²) in [6.07, 6.45) is 2.61. The molecule has 2 atom stereocenters. The maximum Gasteiger partial charge on any atom is 0.393 e. The van der Waals surface area contributed by atoms with E-state index < -0.39 is 12.6 Å². The van der Waals surface area contributed by atoms with Crippen LogP contribution in [0.2, 0.25) is 0 Å². The monoisotopic (exact) mass is 478 g/mol. The lowest BCUT2D eigenvalue weighted by Crippen LogP contribution is -2.59. The van der Waals surface area contributed by atoms with Gasteiger partial charge in [0, 0.05) is 61.3 Å². The highest BCUT2D eigenvalue weighted by Crippen LogP contribution is 2.47. The lowest BCUT2D eigenvalue weighted by Gasteiger charge is -2.52. The maximum absolute atomic E-state index is 12.9. The molecule has 2 aliphatic heterocycles. The third kappa shape index (κ3) is 4.35. The Kier molecular flexibility index (Phi) is 5.63. The second-order valence-electron chi connectivity index (χ2n) is 9.78. The molecular weight excluding hydrogens is 449 g/mol. The van der Waals surface area contributed by atoms with Gasteiger partial charge in [-0.25, -0.2) is 9.97 Å². The van der Waals surface area contributed by atoms with Gasteiger partial charge in [0.25, 0.3) is 0 Å². The number of thiophene rings is 1. The Balaban J connectivity index is 1.32. The third-order valence-electron chi connectivity index (χ3n) is 7.19. The third-order valence-corrected chi connectivity index (χ3v) is 8.23. The predicted octanol–water partition coefficient (Wildman–Crippen LogP) is 4.83. The highest BCUT2D eigenvalue weighted by Gasteiger charge is 2.50. The van der Waals surface area contributed by atoms with Crippen LogP contribution >= 0.6 is 11.3 Å². The highest BCUT2D eigenvalue weighted by atomic mass is 32.1. The Bertz CT molecular complexity index is 1130. The average Bonchev–Trinajstić information content (AvgIpc) is 3.44. The minimum Gasteiger partial charge on any atom is -0.355 e. The van der Waals surface area contributed by atoms with Crippen LogP contribution in [0.4, 0.5) is 19.0 Å². The normalized spacial score (nSPS) is 20.5. The number of rotatable bonds is 6. The van der Waals surface area contributed by atoms with E-state index >= 15 is 0 Å². The SMILES string of the molecule is CCC(C)C(c1cnn(C)c1)N1CC2(CCN(c3ncnc4sc(CC(F)(F)F)cc34)C2)C1. The average molecular weight is 479 g/mol. The summed E-state index contributed by atoms with van der Waals surface area (Å²) in [7, 11) is 1.95. The van der Waals surface area contributed by atoms with Gasteiger partial charge in [-0.05, 0) is 18.4 Å². The van der Waals surface area contributed by atoms with Crippen molar-refractivity contribution in [2.24, 2.45) is 18.4 Å². The Hall–Kier alpha value is -2.20. The molecular formula is C23H29F3N6S. The van der Waals surface area contributed by atoms with E-state index in [1.165, 1.54) is 11.9 Å². The summed E-state index contributed by atoms with van der Waals surface area (Å²) in [5.41, 5.74) is 1.47. The molecule has 2 unspecified atom stereocenters. The van der Waals surface area contributed by atoms with Crippen LogP contribution in [0.3, 0.4) is 0 Å². The molecule has 0 aliphatic carbocycles. The Morgan fingerprint density at radius 2 is 2.00 bits per heavy atom. The number of hydrogen-bond acceptors (Lipinski definition) is 6. The summed E-state index contributed by atoms with van der Waals surface area (Å²) in [6, 6.07) is 1.98. The molecule has 33 heavy (non-hydrogen) atoms. The largest absolute Gasteiger partial charge is 0.393 e. The van der Waals surface area contributed by atoms with E-state index in [1.54, 1.807) is 6.07 Å². The molecule has 5 heterocycles. The van der Waals surface area contributed by atoms with E-state index in [1.807, 2.05) is 17.9 Å². The van der Waals surface area contributed by atoms with Gasteiger partial charge in [-0.3, -0.25) is 9.58 Å². The molecule has 2 aliphatic rings. The predicted molar refractivity (Wildman–Crippen MR) is 123 cm³/mol. The van der Waals surface area contributed by atoms with Crippen molar-refractivity contribution < 1.29 is 13.2 Å². The summed E-state index contributed by atoms with van der Waals surface area (Å²) in [4.78, 5) is 14.4. The first-order chi connectivity index (χ1) is 15.7. The van der Waals surface area contributed by atoms with Crippen LogP contribution in [0, 0.1) is 11.3 Å². The second kappa shape index (κ2) is 8.23. The number of aromatic nitrogens is 4. The van der Waals surface area contributed by atoms with E-state index in [0.29, 0.717) is 16.8 Å². The molecule has 0 amide bonds. The van der Waals surface area contributed by atoms with Crippen molar-refractivity contribution in [1.82, 2.24) is 24.6 Å². The van der Waals surface area contributed by atoms with Gasteiger partial charge in [-0.15, -0.1) is 11.3 Å². The number of alkyl halides is 3. The van der Waals surface area contributed by atoms with E-state index in [2.05, 4.69) is 44.9 Å². The molecule has 0 saturated carbocycles. The van der Waals surface area contributed by atoms with E-state index in [9.17, 15) is 13.2 Å². The first-order valence-corrected chi connectivity index (χ1v) is 12.3.